The molecule has 3 rings (SSSR count). The molecule has 0 N–H and O–H groups in total. The van der Waals surface area contributed by atoms with E-state index in [1.54, 1.807) is 11.3 Å². The van der Waals surface area contributed by atoms with Crippen LogP contribution in [0, 0.1) is 0 Å². The lowest BCUT2D eigenvalue weighted by molar-refractivity contribution is 0.0819. The summed E-state index contributed by atoms with van der Waals surface area (Å²) in [6.07, 6.45) is 0. The Bertz CT molecular complexity index is 744. The molecule has 1 aromatic carbocycles. The van der Waals surface area contributed by atoms with Gasteiger partial charge in [-0.05, 0) is 23.6 Å². The zero-order valence-electron chi connectivity index (χ0n) is 13.4. The van der Waals surface area contributed by atoms with Crippen LogP contribution in [0.1, 0.15) is 0 Å². The summed E-state index contributed by atoms with van der Waals surface area (Å²) in [6, 6.07) is 13.7. The molecule has 116 valence electrons. The molecule has 0 aliphatic rings. The zero-order chi connectivity index (χ0) is 15.6. The quantitative estimate of drug-likeness (QED) is 0.465. The van der Waals surface area contributed by atoms with Crippen molar-refractivity contribution in [3.8, 4) is 10.6 Å². The summed E-state index contributed by atoms with van der Waals surface area (Å²) in [6.45, 7) is 8.45. The normalized spacial score (nSPS) is 12.1. The van der Waals surface area contributed by atoms with Crippen molar-refractivity contribution in [3.05, 3.63) is 41.8 Å². The largest absolute Gasteiger partial charge is 0.360 e. The van der Waals surface area contributed by atoms with E-state index in [-0.39, 0.29) is 0 Å². The van der Waals surface area contributed by atoms with Crippen LogP contribution < -0.4 is 0 Å². The molecule has 0 unspecified atom stereocenters. The fourth-order valence-corrected chi connectivity index (χ4v) is 3.83. The number of para-hydroxylation sites is 1. The van der Waals surface area contributed by atoms with E-state index in [0.29, 0.717) is 6.73 Å². The number of hydrogen-bond acceptors (Lipinski definition) is 3. The van der Waals surface area contributed by atoms with Gasteiger partial charge in [-0.25, -0.2) is 4.68 Å². The Labute approximate surface area is 136 Å². The van der Waals surface area contributed by atoms with E-state index in [1.165, 1.54) is 16.3 Å². The van der Waals surface area contributed by atoms with E-state index in [4.69, 9.17) is 9.84 Å². The van der Waals surface area contributed by atoms with Crippen molar-refractivity contribution in [1.82, 2.24) is 9.78 Å². The van der Waals surface area contributed by atoms with E-state index in [2.05, 4.69) is 61.4 Å². The zero-order valence-corrected chi connectivity index (χ0v) is 15.2. The van der Waals surface area contributed by atoms with Crippen LogP contribution in [0.5, 0.6) is 0 Å². The first-order valence-corrected chi connectivity index (χ1v) is 12.2. The SMILES string of the molecule is C[Si](C)(C)CCOCn1nc(-c2cccs2)c2ccccc21. The van der Waals surface area contributed by atoms with E-state index in [0.717, 1.165) is 17.8 Å². The van der Waals surface area contributed by atoms with Crippen LogP contribution in [0.25, 0.3) is 21.5 Å². The van der Waals surface area contributed by atoms with E-state index < -0.39 is 8.07 Å². The topological polar surface area (TPSA) is 27.1 Å². The van der Waals surface area contributed by atoms with Gasteiger partial charge in [0.05, 0.1) is 10.4 Å². The number of benzene rings is 1. The van der Waals surface area contributed by atoms with Crippen molar-refractivity contribution in [1.29, 1.82) is 0 Å². The van der Waals surface area contributed by atoms with Crippen molar-refractivity contribution < 1.29 is 4.74 Å². The first-order valence-electron chi connectivity index (χ1n) is 7.62. The van der Waals surface area contributed by atoms with Gasteiger partial charge in [0.1, 0.15) is 12.4 Å². The number of ether oxygens (including phenoxy) is 1. The minimum atomic E-state index is -1.04. The van der Waals surface area contributed by atoms with E-state index in [1.807, 2.05) is 4.68 Å². The van der Waals surface area contributed by atoms with Gasteiger partial charge in [0.2, 0.25) is 0 Å². The van der Waals surface area contributed by atoms with Gasteiger partial charge >= 0.3 is 0 Å². The molecule has 0 aliphatic carbocycles. The summed E-state index contributed by atoms with van der Waals surface area (Å²) in [5.41, 5.74) is 2.19. The molecular formula is C17H22N2OSSi. The lowest BCUT2D eigenvalue weighted by atomic mass is 10.2. The molecule has 2 heterocycles. The number of thiophene rings is 1. The molecule has 3 aromatic rings. The third-order valence-corrected chi connectivity index (χ3v) is 6.20. The maximum Gasteiger partial charge on any atom is 0.140 e. The van der Waals surface area contributed by atoms with Crippen molar-refractivity contribution in [3.63, 3.8) is 0 Å². The van der Waals surface area contributed by atoms with Gasteiger partial charge in [0.15, 0.2) is 0 Å². The molecule has 0 atom stereocenters. The second-order valence-corrected chi connectivity index (χ2v) is 13.3. The minimum absolute atomic E-state index is 0.524. The van der Waals surface area contributed by atoms with Gasteiger partial charge in [0.25, 0.3) is 0 Å². The first-order chi connectivity index (χ1) is 10.5. The molecule has 5 heteroatoms. The minimum Gasteiger partial charge on any atom is -0.360 e. The molecule has 0 saturated heterocycles. The fraction of sp³-hybridized carbons (Fsp3) is 0.353. The lowest BCUT2D eigenvalue weighted by Gasteiger charge is -2.15. The molecule has 3 nitrogen and oxygen atoms in total. The molecule has 0 spiro atoms. The van der Waals surface area contributed by atoms with Crippen molar-refractivity contribution in [2.45, 2.75) is 32.4 Å². The number of hydrogen-bond donors (Lipinski definition) is 0. The highest BCUT2D eigenvalue weighted by atomic mass is 32.1. The smallest absolute Gasteiger partial charge is 0.140 e. The summed E-state index contributed by atoms with van der Waals surface area (Å²) >= 11 is 1.72. The standard InChI is InChI=1S/C17H22N2OSSi/c1-22(2,3)12-10-20-13-19-15-8-5-4-7-14(15)17(18-19)16-9-6-11-21-16/h4-9,11H,10,12-13H2,1-3H3. The Morgan fingerprint density at radius 3 is 2.68 bits per heavy atom. The van der Waals surface area contributed by atoms with Crippen LogP contribution >= 0.6 is 11.3 Å². The number of nitrogens with zero attached hydrogens (tertiary/aromatic N) is 2. The highest BCUT2D eigenvalue weighted by molar-refractivity contribution is 7.13. The molecule has 0 bridgehead atoms. The van der Waals surface area contributed by atoms with Crippen molar-refractivity contribution >= 4 is 30.3 Å². The summed E-state index contributed by atoms with van der Waals surface area (Å²) in [5.74, 6) is 0. The highest BCUT2D eigenvalue weighted by Crippen LogP contribution is 2.30. The summed E-state index contributed by atoms with van der Waals surface area (Å²) < 4.78 is 7.85. The highest BCUT2D eigenvalue weighted by Gasteiger charge is 2.14. The third kappa shape index (κ3) is 3.48. The van der Waals surface area contributed by atoms with Crippen LogP contribution in [0.3, 0.4) is 0 Å². The van der Waals surface area contributed by atoms with Gasteiger partial charge in [-0.15, -0.1) is 11.3 Å². The number of fused-ring (bicyclic) bond motifs is 1. The summed E-state index contributed by atoms with van der Waals surface area (Å²) in [4.78, 5) is 1.21. The molecule has 0 aliphatic heterocycles. The Morgan fingerprint density at radius 2 is 1.95 bits per heavy atom. The second-order valence-electron chi connectivity index (χ2n) is 6.69. The number of rotatable bonds is 6. The molecule has 0 radical (unpaired) electrons. The van der Waals surface area contributed by atoms with Crippen LogP contribution in [0.15, 0.2) is 41.8 Å². The van der Waals surface area contributed by atoms with Crippen molar-refractivity contribution in [2.24, 2.45) is 0 Å². The van der Waals surface area contributed by atoms with Gasteiger partial charge in [-0.2, -0.15) is 5.10 Å². The van der Waals surface area contributed by atoms with E-state index >= 15 is 0 Å². The number of aromatic nitrogens is 2. The van der Waals surface area contributed by atoms with Crippen molar-refractivity contribution in [2.75, 3.05) is 6.61 Å². The van der Waals surface area contributed by atoms with Crippen LogP contribution in [-0.2, 0) is 11.5 Å². The molecule has 0 saturated carbocycles. The molecule has 2 aromatic heterocycles. The second kappa shape index (κ2) is 6.36. The van der Waals surface area contributed by atoms with Crippen LogP contribution in [0.2, 0.25) is 25.7 Å². The maximum absolute atomic E-state index is 5.87. The Balaban J connectivity index is 1.81. The van der Waals surface area contributed by atoms with E-state index in [9.17, 15) is 0 Å². The molecular weight excluding hydrogens is 308 g/mol. The average Bonchev–Trinajstić information content (AvgIpc) is 3.10. The van der Waals surface area contributed by atoms with Gasteiger partial charge in [0, 0.05) is 20.1 Å². The Morgan fingerprint density at radius 1 is 1.14 bits per heavy atom. The van der Waals surface area contributed by atoms with Gasteiger partial charge in [-0.3, -0.25) is 0 Å². The molecule has 0 fully saturated rings. The average molecular weight is 331 g/mol. The predicted molar refractivity (Wildman–Crippen MR) is 97.2 cm³/mol. The fourth-order valence-electron chi connectivity index (χ4n) is 2.35. The third-order valence-electron chi connectivity index (χ3n) is 3.62. The Hall–Kier alpha value is -1.43. The maximum atomic E-state index is 5.87. The monoisotopic (exact) mass is 330 g/mol. The predicted octanol–water partition coefficient (Wildman–Crippen LogP) is 5.08. The van der Waals surface area contributed by atoms with Crippen LogP contribution in [0.4, 0.5) is 0 Å². The first kappa shape index (κ1) is 15.5. The molecule has 22 heavy (non-hydrogen) atoms. The lowest BCUT2D eigenvalue weighted by Crippen LogP contribution is -2.22. The Kier molecular flexibility index (Phi) is 4.47. The van der Waals surface area contributed by atoms with Crippen LogP contribution in [-0.4, -0.2) is 24.5 Å². The summed E-state index contributed by atoms with van der Waals surface area (Å²) in [7, 11) is -1.04. The summed E-state index contributed by atoms with van der Waals surface area (Å²) in [5, 5.41) is 8.06. The molecule has 0 amide bonds. The van der Waals surface area contributed by atoms with Gasteiger partial charge in [-0.1, -0.05) is 43.9 Å². The van der Waals surface area contributed by atoms with Gasteiger partial charge < -0.3 is 4.74 Å².